The summed E-state index contributed by atoms with van der Waals surface area (Å²) >= 11 is 0. The molecule has 9 heteroatoms. The maximum Gasteiger partial charge on any atom is 0.251 e. The number of ether oxygens (including phenoxy) is 3. The van der Waals surface area contributed by atoms with Crippen molar-refractivity contribution in [2.75, 3.05) is 13.2 Å². The van der Waals surface area contributed by atoms with Crippen LogP contribution in [-0.2, 0) is 20.9 Å². The average molecular weight is 506 g/mol. The molecule has 3 aromatic rings. The smallest absolute Gasteiger partial charge is 0.251 e. The lowest BCUT2D eigenvalue weighted by atomic mass is 9.76. The predicted molar refractivity (Wildman–Crippen MR) is 135 cm³/mol. The molecule has 1 aromatic heterocycles. The number of carbonyl (C=O) groups excluding carboxylic acids is 2. The summed E-state index contributed by atoms with van der Waals surface area (Å²) in [5.74, 6) is -0.842. The van der Waals surface area contributed by atoms with E-state index in [0.29, 0.717) is 56.8 Å². The Balaban J connectivity index is 1.25. The van der Waals surface area contributed by atoms with Gasteiger partial charge in [0.15, 0.2) is 5.79 Å². The van der Waals surface area contributed by atoms with E-state index >= 15 is 0 Å². The molecule has 37 heavy (non-hydrogen) atoms. The highest BCUT2D eigenvalue weighted by molar-refractivity contribution is 5.95. The zero-order chi connectivity index (χ0) is 25.9. The lowest BCUT2D eigenvalue weighted by Gasteiger charge is -2.43. The molecule has 2 heterocycles. The van der Waals surface area contributed by atoms with Gasteiger partial charge in [-0.2, -0.15) is 0 Å². The van der Waals surface area contributed by atoms with Gasteiger partial charge in [0.25, 0.3) is 5.91 Å². The zero-order valence-electron chi connectivity index (χ0n) is 20.8. The van der Waals surface area contributed by atoms with Crippen molar-refractivity contribution in [1.29, 1.82) is 0 Å². The molecule has 2 aromatic carbocycles. The van der Waals surface area contributed by atoms with Crippen LogP contribution in [0.4, 0.5) is 0 Å². The van der Waals surface area contributed by atoms with Crippen LogP contribution in [0, 0.1) is 6.92 Å². The molecule has 3 N–H and O–H groups in total. The zero-order valence-corrected chi connectivity index (χ0v) is 20.8. The van der Waals surface area contributed by atoms with Crippen molar-refractivity contribution in [3.63, 3.8) is 0 Å². The van der Waals surface area contributed by atoms with E-state index in [2.05, 4.69) is 10.3 Å². The second-order valence-electron chi connectivity index (χ2n) is 9.81. The van der Waals surface area contributed by atoms with Crippen molar-refractivity contribution in [2.45, 2.75) is 57.0 Å². The van der Waals surface area contributed by atoms with Crippen LogP contribution >= 0.6 is 0 Å². The van der Waals surface area contributed by atoms with Crippen LogP contribution in [0.5, 0.6) is 5.75 Å². The average Bonchev–Trinajstić information content (AvgIpc) is 3.37. The van der Waals surface area contributed by atoms with Gasteiger partial charge >= 0.3 is 0 Å². The van der Waals surface area contributed by atoms with Crippen LogP contribution in [0.15, 0.2) is 54.6 Å². The number of aromatic nitrogens is 1. The Morgan fingerprint density at radius 1 is 1.03 bits per heavy atom. The Hall–Kier alpha value is -3.53. The fourth-order valence-corrected chi connectivity index (χ4v) is 5.28. The number of hydrogen-bond donors (Lipinski definition) is 3. The monoisotopic (exact) mass is 505 g/mol. The minimum Gasteiger partial charge on any atom is -0.489 e. The van der Waals surface area contributed by atoms with Gasteiger partial charge in [-0.05, 0) is 56.2 Å². The van der Waals surface area contributed by atoms with E-state index in [1.165, 1.54) is 0 Å². The predicted octanol–water partition coefficient (Wildman–Crippen LogP) is 3.80. The van der Waals surface area contributed by atoms with Crippen LogP contribution in [0.1, 0.15) is 53.7 Å². The van der Waals surface area contributed by atoms with Gasteiger partial charge in [-0.15, -0.1) is 0 Å². The number of benzene rings is 2. The Morgan fingerprint density at radius 2 is 1.73 bits per heavy atom. The minimum atomic E-state index is -0.806. The number of amides is 2. The lowest BCUT2D eigenvalue weighted by molar-refractivity contribution is -0.186. The molecule has 1 spiro atoms. The summed E-state index contributed by atoms with van der Waals surface area (Å²) in [5, 5.41) is 13.2. The van der Waals surface area contributed by atoms with Gasteiger partial charge in [-0.3, -0.25) is 19.8 Å². The molecule has 2 aliphatic rings. The number of para-hydroxylation sites is 1. The summed E-state index contributed by atoms with van der Waals surface area (Å²) in [7, 11) is 0. The molecule has 5 rings (SSSR count). The number of pyridine rings is 1. The molecule has 0 unspecified atom stereocenters. The Labute approximate surface area is 215 Å². The molecule has 1 aliphatic carbocycles. The highest BCUT2D eigenvalue weighted by Crippen LogP contribution is 2.41. The fourth-order valence-electron chi connectivity index (χ4n) is 5.28. The number of rotatable bonds is 7. The fraction of sp³-hybridized carbons (Fsp3) is 0.393. The van der Waals surface area contributed by atoms with Crippen molar-refractivity contribution in [2.24, 2.45) is 0 Å². The van der Waals surface area contributed by atoms with E-state index in [-0.39, 0.29) is 12.3 Å². The Morgan fingerprint density at radius 3 is 2.43 bits per heavy atom. The van der Waals surface area contributed by atoms with E-state index in [9.17, 15) is 9.59 Å². The molecule has 0 bridgehead atoms. The first-order valence-electron chi connectivity index (χ1n) is 12.5. The topological polar surface area (TPSA) is 119 Å². The molecular formula is C28H31N3O6. The van der Waals surface area contributed by atoms with Gasteiger partial charge in [0, 0.05) is 40.6 Å². The van der Waals surface area contributed by atoms with E-state index < -0.39 is 17.2 Å². The minimum absolute atomic E-state index is 0.0359. The number of aryl methyl sites for hydroxylation is 1. The van der Waals surface area contributed by atoms with Crippen LogP contribution in [-0.4, -0.2) is 46.5 Å². The largest absolute Gasteiger partial charge is 0.489 e. The summed E-state index contributed by atoms with van der Waals surface area (Å²) in [6.45, 7) is 3.42. The summed E-state index contributed by atoms with van der Waals surface area (Å²) in [6, 6.07) is 16.9. The number of hydroxylamine groups is 1. The first-order valence-corrected chi connectivity index (χ1v) is 12.5. The molecule has 1 saturated carbocycles. The van der Waals surface area contributed by atoms with E-state index in [4.69, 9.17) is 19.4 Å². The van der Waals surface area contributed by atoms with Gasteiger partial charge < -0.3 is 19.5 Å². The summed E-state index contributed by atoms with van der Waals surface area (Å²) in [5.41, 5.74) is 4.23. The van der Waals surface area contributed by atoms with E-state index in [0.717, 1.165) is 22.2 Å². The van der Waals surface area contributed by atoms with Gasteiger partial charge in [0.2, 0.25) is 5.91 Å². The number of fused-ring (bicyclic) bond motifs is 1. The Bertz CT molecular complexity index is 1280. The first-order chi connectivity index (χ1) is 17.9. The third-order valence-electron chi connectivity index (χ3n) is 7.23. The molecular weight excluding hydrogens is 474 g/mol. The van der Waals surface area contributed by atoms with Crippen LogP contribution in [0.3, 0.4) is 0 Å². The molecule has 0 radical (unpaired) electrons. The maximum atomic E-state index is 13.2. The third-order valence-corrected chi connectivity index (χ3v) is 7.23. The van der Waals surface area contributed by atoms with Crippen molar-refractivity contribution >= 4 is 22.7 Å². The Kier molecular flexibility index (Phi) is 7.10. The molecule has 2 amide bonds. The van der Waals surface area contributed by atoms with Gasteiger partial charge in [0.05, 0.1) is 25.2 Å². The number of nitrogens with one attached hydrogen (secondary N) is 2. The van der Waals surface area contributed by atoms with E-state index in [1.54, 1.807) is 29.7 Å². The number of hydrogen-bond acceptors (Lipinski definition) is 7. The van der Waals surface area contributed by atoms with Crippen molar-refractivity contribution in [1.82, 2.24) is 15.8 Å². The van der Waals surface area contributed by atoms with Crippen LogP contribution in [0.2, 0.25) is 0 Å². The number of carbonyl (C=O) groups is 2. The molecule has 0 atom stereocenters. The van der Waals surface area contributed by atoms with Crippen molar-refractivity contribution in [3.8, 4) is 5.75 Å². The molecule has 1 saturated heterocycles. The quantitative estimate of drug-likeness (QED) is 0.330. The van der Waals surface area contributed by atoms with Crippen molar-refractivity contribution < 1.29 is 29.0 Å². The molecule has 9 nitrogen and oxygen atoms in total. The van der Waals surface area contributed by atoms with Gasteiger partial charge in [0.1, 0.15) is 12.4 Å². The van der Waals surface area contributed by atoms with Crippen molar-refractivity contribution in [3.05, 3.63) is 71.4 Å². The first kappa shape index (κ1) is 25.1. The molecule has 194 valence electrons. The lowest BCUT2D eigenvalue weighted by Crippen LogP contribution is -2.56. The third kappa shape index (κ3) is 5.58. The molecule has 2 fully saturated rings. The standard InChI is InChI=1S/C28H31N3O6/c1-19-16-21(23-4-2-3-5-24(23)29-19)18-35-22-8-6-20(7-9-22)26(33)30-27(17-25(32)31-34)10-12-28(13-11-27)36-14-15-37-28/h2-9,16,34H,10-15,17-18H2,1H3,(H,30,33)(H,31,32). The summed E-state index contributed by atoms with van der Waals surface area (Å²) in [4.78, 5) is 29.8. The normalized spacial score (nSPS) is 18.0. The number of nitrogens with zero attached hydrogens (tertiary/aromatic N) is 1. The van der Waals surface area contributed by atoms with Crippen LogP contribution in [0.25, 0.3) is 10.9 Å². The second-order valence-corrected chi connectivity index (χ2v) is 9.81. The van der Waals surface area contributed by atoms with Gasteiger partial charge in [-0.1, -0.05) is 18.2 Å². The van der Waals surface area contributed by atoms with Crippen LogP contribution < -0.4 is 15.5 Å². The van der Waals surface area contributed by atoms with Gasteiger partial charge in [-0.25, -0.2) is 5.48 Å². The van der Waals surface area contributed by atoms with E-state index in [1.807, 2.05) is 37.3 Å². The SMILES string of the molecule is Cc1cc(COc2ccc(C(=O)NC3(CC(=O)NO)CCC4(CC3)OCCO4)cc2)c2ccccc2n1. The second kappa shape index (κ2) is 10.5. The summed E-state index contributed by atoms with van der Waals surface area (Å²) < 4.78 is 17.6. The maximum absolute atomic E-state index is 13.2. The highest BCUT2D eigenvalue weighted by atomic mass is 16.7. The summed E-state index contributed by atoms with van der Waals surface area (Å²) in [6.07, 6.45) is 2.06. The molecule has 1 aliphatic heterocycles. The highest BCUT2D eigenvalue weighted by Gasteiger charge is 2.47.